The average molecular weight is 637 g/mol. The fraction of sp³-hybridized carbons (Fsp3) is 0.606. The van der Waals surface area contributed by atoms with Crippen LogP contribution in [0.4, 0.5) is 13.2 Å². The minimum atomic E-state index is -4.90. The molecule has 3 atom stereocenters. The number of hydrogen-bond acceptors (Lipinski definition) is 7. The lowest BCUT2D eigenvalue weighted by molar-refractivity contribution is -0.224. The molecule has 1 aliphatic rings. The van der Waals surface area contributed by atoms with Gasteiger partial charge in [-0.25, -0.2) is 0 Å². The van der Waals surface area contributed by atoms with Crippen molar-refractivity contribution in [3.63, 3.8) is 0 Å². The van der Waals surface area contributed by atoms with E-state index in [-0.39, 0.29) is 30.3 Å². The van der Waals surface area contributed by atoms with Gasteiger partial charge >= 0.3 is 12.1 Å². The number of ether oxygens (including phenoxy) is 2. The lowest BCUT2D eigenvalue weighted by Crippen LogP contribution is -2.48. The number of H-pyrrole nitrogens is 1. The highest BCUT2D eigenvalue weighted by Crippen LogP contribution is 2.38. The van der Waals surface area contributed by atoms with Gasteiger partial charge in [0.25, 0.3) is 0 Å². The van der Waals surface area contributed by atoms with Crippen LogP contribution in [0, 0.1) is 23.2 Å². The van der Waals surface area contributed by atoms with Crippen LogP contribution in [0.5, 0.6) is 5.75 Å². The van der Waals surface area contributed by atoms with Gasteiger partial charge in [0.1, 0.15) is 11.5 Å². The number of rotatable bonds is 15. The molecule has 0 unspecified atom stereocenters. The summed E-state index contributed by atoms with van der Waals surface area (Å²) in [6.07, 6.45) is -2.57. The van der Waals surface area contributed by atoms with Crippen LogP contribution in [-0.4, -0.2) is 59.6 Å². The number of aromatic amines is 1. The number of carbonyl (C=O) groups is 5. The number of benzene rings is 1. The predicted molar refractivity (Wildman–Crippen MR) is 161 cm³/mol. The van der Waals surface area contributed by atoms with E-state index in [0.717, 1.165) is 11.8 Å². The lowest BCUT2D eigenvalue weighted by atomic mass is 9.82. The summed E-state index contributed by atoms with van der Waals surface area (Å²) in [5, 5.41) is 3.38. The molecule has 0 aliphatic heterocycles. The summed E-state index contributed by atoms with van der Waals surface area (Å²) >= 11 is 0. The molecule has 248 valence electrons. The van der Waals surface area contributed by atoms with E-state index in [1.807, 2.05) is 20.8 Å². The van der Waals surface area contributed by atoms with Gasteiger partial charge in [0.15, 0.2) is 23.6 Å². The van der Waals surface area contributed by atoms with Crippen molar-refractivity contribution in [3.05, 3.63) is 30.0 Å². The first-order valence-corrected chi connectivity index (χ1v) is 15.4. The third-order valence-electron chi connectivity index (χ3n) is 8.25. The second kappa shape index (κ2) is 15.1. The number of alkyl halides is 3. The van der Waals surface area contributed by atoms with Gasteiger partial charge in [0.05, 0.1) is 18.3 Å². The molecule has 0 spiro atoms. The number of hydrogen-bond donors (Lipinski definition) is 2. The minimum Gasteiger partial charge on any atom is -0.493 e. The van der Waals surface area contributed by atoms with Gasteiger partial charge in [0.2, 0.25) is 5.91 Å². The number of ketones is 3. The molecule has 1 saturated carbocycles. The number of nitrogens with one attached hydrogen (secondary N) is 2. The summed E-state index contributed by atoms with van der Waals surface area (Å²) in [5.74, 6) is -4.23. The second-order valence-electron chi connectivity index (χ2n) is 12.7. The maximum Gasteiger partial charge on any atom is 0.404 e. The van der Waals surface area contributed by atoms with Crippen molar-refractivity contribution < 1.29 is 46.6 Å². The molecule has 1 aromatic heterocycles. The Balaban J connectivity index is 1.80. The zero-order valence-corrected chi connectivity index (χ0v) is 26.5. The molecule has 12 heteroatoms. The number of esters is 1. The molecule has 2 aromatic rings. The van der Waals surface area contributed by atoms with E-state index in [4.69, 9.17) is 9.47 Å². The Labute approximate surface area is 261 Å². The zero-order chi connectivity index (χ0) is 33.5. The third-order valence-corrected chi connectivity index (χ3v) is 8.25. The van der Waals surface area contributed by atoms with E-state index in [0.29, 0.717) is 63.1 Å². The first-order valence-electron chi connectivity index (χ1n) is 15.4. The van der Waals surface area contributed by atoms with Crippen LogP contribution < -0.4 is 10.1 Å². The molecule has 0 saturated heterocycles. The Morgan fingerprint density at radius 3 is 2.44 bits per heavy atom. The summed E-state index contributed by atoms with van der Waals surface area (Å²) < 4.78 is 50.3. The highest BCUT2D eigenvalue weighted by molar-refractivity contribution is 6.02. The lowest BCUT2D eigenvalue weighted by Gasteiger charge is -2.28. The standard InChI is InChI=1S/C33H43F3N2O7/c1-6-44-29-13-9-11-23-22(29)17-25(37-23)27(40)16-21(14-19(2)3)30(42)38-24(15-20-10-7-8-12-26(20)39)28(41)18-45-31(43)32(4,5)33(34,35)36/h9,11,13,17,19-21,24,37H,6-8,10,12,14-16,18H2,1-5H3,(H,38,42)/t20-,21+,24-/m0/s1. The molecule has 3 rings (SSSR count). The highest BCUT2D eigenvalue weighted by Gasteiger charge is 2.54. The van der Waals surface area contributed by atoms with Gasteiger partial charge in [-0.3, -0.25) is 24.0 Å². The molecule has 1 aliphatic carbocycles. The van der Waals surface area contributed by atoms with Gasteiger partial charge in [0, 0.05) is 35.6 Å². The molecule has 1 aromatic carbocycles. The molecule has 1 amide bonds. The monoisotopic (exact) mass is 636 g/mol. The normalized spacial score (nSPS) is 17.2. The van der Waals surface area contributed by atoms with Crippen LogP contribution in [-0.2, 0) is 23.9 Å². The molecule has 0 bridgehead atoms. The van der Waals surface area contributed by atoms with Crippen LogP contribution in [0.2, 0.25) is 0 Å². The van der Waals surface area contributed by atoms with E-state index in [9.17, 15) is 37.1 Å². The summed E-state index contributed by atoms with van der Waals surface area (Å²) in [7, 11) is 0. The number of halogens is 3. The second-order valence-corrected chi connectivity index (χ2v) is 12.7. The van der Waals surface area contributed by atoms with Crippen molar-refractivity contribution in [2.45, 2.75) is 91.8 Å². The van der Waals surface area contributed by atoms with Crippen LogP contribution in [0.3, 0.4) is 0 Å². The number of fused-ring (bicyclic) bond motifs is 1. The first-order chi connectivity index (χ1) is 21.0. The van der Waals surface area contributed by atoms with E-state index in [2.05, 4.69) is 10.3 Å². The topological polar surface area (TPSA) is 132 Å². The summed E-state index contributed by atoms with van der Waals surface area (Å²) in [4.78, 5) is 68.2. The Kier molecular flexibility index (Phi) is 12.0. The van der Waals surface area contributed by atoms with Crippen molar-refractivity contribution in [2.24, 2.45) is 23.2 Å². The van der Waals surface area contributed by atoms with Gasteiger partial charge in [-0.2, -0.15) is 13.2 Å². The summed E-state index contributed by atoms with van der Waals surface area (Å²) in [5.41, 5.74) is -1.86. The summed E-state index contributed by atoms with van der Waals surface area (Å²) in [6.45, 7) is 6.35. The number of aromatic nitrogens is 1. The number of carbonyl (C=O) groups excluding carboxylic acids is 5. The first kappa shape index (κ1) is 35.8. The van der Waals surface area contributed by atoms with Gasteiger partial charge in [-0.1, -0.05) is 26.3 Å². The average Bonchev–Trinajstić information content (AvgIpc) is 3.41. The maximum absolute atomic E-state index is 13.6. The molecular formula is C33H43F3N2O7. The van der Waals surface area contributed by atoms with Crippen LogP contribution in [0.1, 0.15) is 90.1 Å². The zero-order valence-electron chi connectivity index (χ0n) is 26.5. The third kappa shape index (κ3) is 9.17. The van der Waals surface area contributed by atoms with E-state index in [1.165, 1.54) is 0 Å². The molecule has 2 N–H and O–H groups in total. The van der Waals surface area contributed by atoms with Gasteiger partial charge in [-0.05, 0) is 70.6 Å². The number of Topliss-reactive ketones (excluding diaryl/α,β-unsaturated/α-hetero) is 3. The van der Waals surface area contributed by atoms with Crippen molar-refractivity contribution in [1.29, 1.82) is 0 Å². The molecule has 0 radical (unpaired) electrons. The van der Waals surface area contributed by atoms with Gasteiger partial charge < -0.3 is 19.8 Å². The van der Waals surface area contributed by atoms with E-state index in [1.54, 1.807) is 24.3 Å². The van der Waals surface area contributed by atoms with Crippen molar-refractivity contribution in [2.75, 3.05) is 13.2 Å². The smallest absolute Gasteiger partial charge is 0.404 e. The van der Waals surface area contributed by atoms with E-state index >= 15 is 0 Å². The van der Waals surface area contributed by atoms with Crippen LogP contribution in [0.25, 0.3) is 10.9 Å². The Morgan fingerprint density at radius 2 is 1.82 bits per heavy atom. The fourth-order valence-corrected chi connectivity index (χ4v) is 5.43. The highest BCUT2D eigenvalue weighted by atomic mass is 19.4. The predicted octanol–water partition coefficient (Wildman–Crippen LogP) is 6.14. The SMILES string of the molecule is CCOc1cccc2[nH]c(C(=O)C[C@@H](CC(C)C)C(=O)N[C@@H](C[C@@H]3CCCCC3=O)C(=O)COC(=O)C(C)(C)C(F)(F)F)cc12. The quantitative estimate of drug-likeness (QED) is 0.177. The minimum absolute atomic E-state index is 0.000416. The molecule has 45 heavy (non-hydrogen) atoms. The number of amides is 1. The molecule has 9 nitrogen and oxygen atoms in total. The largest absolute Gasteiger partial charge is 0.493 e. The molecule has 1 fully saturated rings. The Hall–Kier alpha value is -3.70. The van der Waals surface area contributed by atoms with Crippen LogP contribution >= 0.6 is 0 Å². The molecular weight excluding hydrogens is 593 g/mol. The Morgan fingerprint density at radius 1 is 1.11 bits per heavy atom. The van der Waals surface area contributed by atoms with Crippen molar-refractivity contribution in [1.82, 2.24) is 10.3 Å². The maximum atomic E-state index is 13.6. The molecule has 1 heterocycles. The fourth-order valence-electron chi connectivity index (χ4n) is 5.43. The van der Waals surface area contributed by atoms with E-state index < -0.39 is 53.7 Å². The van der Waals surface area contributed by atoms with Crippen LogP contribution in [0.15, 0.2) is 24.3 Å². The van der Waals surface area contributed by atoms with Crippen molar-refractivity contribution >= 4 is 40.1 Å². The Bertz CT molecular complexity index is 1400. The summed E-state index contributed by atoms with van der Waals surface area (Å²) in [6, 6.07) is 5.77. The van der Waals surface area contributed by atoms with Crippen molar-refractivity contribution in [3.8, 4) is 5.75 Å². The van der Waals surface area contributed by atoms with Gasteiger partial charge in [-0.15, -0.1) is 0 Å².